The SMILES string of the molecule is CCC(=N)C(C(=O)N(CCN(CC)CC)c1ccccc1F)=C(C)O. The summed E-state index contributed by atoms with van der Waals surface area (Å²) in [4.78, 5) is 16.4. The Kier molecular flexibility index (Phi) is 8.28. The molecule has 6 heteroatoms. The maximum absolute atomic E-state index is 14.3. The van der Waals surface area contributed by atoms with Crippen LogP contribution in [0.2, 0.25) is 0 Å². The number of para-hydroxylation sites is 1. The number of benzene rings is 1. The minimum absolute atomic E-state index is 0.0363. The quantitative estimate of drug-likeness (QED) is 0.405. The standard InChI is InChI=1S/C19H28FN3O2/c1-5-16(21)18(14(4)24)19(25)23(13-12-22(6-2)7-3)17-11-9-8-10-15(17)20/h8-11,21,24H,5-7,12-13H2,1-4H3. The Morgan fingerprint density at radius 3 is 2.24 bits per heavy atom. The Balaban J connectivity index is 3.26. The summed E-state index contributed by atoms with van der Waals surface area (Å²) >= 11 is 0. The van der Waals surface area contributed by atoms with Crippen LogP contribution in [0, 0.1) is 11.2 Å². The van der Waals surface area contributed by atoms with Gasteiger partial charge in [0.15, 0.2) is 0 Å². The van der Waals surface area contributed by atoms with Gasteiger partial charge < -0.3 is 20.3 Å². The maximum atomic E-state index is 14.3. The minimum Gasteiger partial charge on any atom is -0.512 e. The van der Waals surface area contributed by atoms with Gasteiger partial charge in [-0.3, -0.25) is 4.79 Å². The van der Waals surface area contributed by atoms with Crippen LogP contribution in [-0.2, 0) is 4.79 Å². The summed E-state index contributed by atoms with van der Waals surface area (Å²) in [6.07, 6.45) is 0.306. The molecule has 1 aromatic rings. The van der Waals surface area contributed by atoms with Gasteiger partial charge >= 0.3 is 0 Å². The number of nitrogens with zero attached hydrogens (tertiary/aromatic N) is 2. The predicted molar refractivity (Wildman–Crippen MR) is 99.9 cm³/mol. The van der Waals surface area contributed by atoms with E-state index in [4.69, 9.17) is 5.41 Å². The van der Waals surface area contributed by atoms with Gasteiger partial charge in [-0.25, -0.2) is 4.39 Å². The first-order chi connectivity index (χ1) is 11.9. The average Bonchev–Trinajstić information content (AvgIpc) is 2.59. The molecular formula is C19H28FN3O2. The van der Waals surface area contributed by atoms with Gasteiger partial charge in [0.2, 0.25) is 0 Å². The van der Waals surface area contributed by atoms with Gasteiger partial charge in [0, 0.05) is 18.8 Å². The molecule has 2 N–H and O–H groups in total. The van der Waals surface area contributed by atoms with Gasteiger partial charge in [0.05, 0.1) is 11.3 Å². The molecule has 25 heavy (non-hydrogen) atoms. The van der Waals surface area contributed by atoms with Crippen molar-refractivity contribution in [3.05, 3.63) is 41.4 Å². The van der Waals surface area contributed by atoms with Crippen molar-refractivity contribution in [2.24, 2.45) is 0 Å². The van der Waals surface area contributed by atoms with Crippen molar-refractivity contribution >= 4 is 17.3 Å². The zero-order valence-corrected chi connectivity index (χ0v) is 15.5. The van der Waals surface area contributed by atoms with Gasteiger partial charge in [-0.05, 0) is 38.6 Å². The van der Waals surface area contributed by atoms with Crippen LogP contribution in [0.15, 0.2) is 35.6 Å². The fraction of sp³-hybridized carbons (Fsp3) is 0.474. The molecule has 0 atom stereocenters. The van der Waals surface area contributed by atoms with Gasteiger partial charge in [-0.15, -0.1) is 0 Å². The topological polar surface area (TPSA) is 67.6 Å². The van der Waals surface area contributed by atoms with Crippen molar-refractivity contribution in [3.63, 3.8) is 0 Å². The summed E-state index contributed by atoms with van der Waals surface area (Å²) in [5, 5.41) is 17.9. The maximum Gasteiger partial charge on any atom is 0.263 e. The lowest BCUT2D eigenvalue weighted by Gasteiger charge is -2.28. The third-order valence-corrected chi connectivity index (χ3v) is 4.15. The number of rotatable bonds is 9. The summed E-state index contributed by atoms with van der Waals surface area (Å²) in [6.45, 7) is 9.65. The van der Waals surface area contributed by atoms with Crippen molar-refractivity contribution in [2.75, 3.05) is 31.1 Å². The van der Waals surface area contributed by atoms with Crippen LogP contribution < -0.4 is 4.90 Å². The molecule has 0 radical (unpaired) electrons. The van der Waals surface area contributed by atoms with E-state index in [0.717, 1.165) is 13.1 Å². The molecular weight excluding hydrogens is 321 g/mol. The van der Waals surface area contributed by atoms with Gasteiger partial charge in [0.25, 0.3) is 5.91 Å². The van der Waals surface area contributed by atoms with E-state index >= 15 is 0 Å². The van der Waals surface area contributed by atoms with E-state index in [1.807, 2.05) is 13.8 Å². The molecule has 1 amide bonds. The molecule has 0 fully saturated rings. The van der Waals surface area contributed by atoms with Crippen molar-refractivity contribution < 1.29 is 14.3 Å². The molecule has 0 saturated heterocycles. The highest BCUT2D eigenvalue weighted by Gasteiger charge is 2.26. The van der Waals surface area contributed by atoms with E-state index in [1.165, 1.54) is 24.0 Å². The number of aliphatic hydroxyl groups excluding tert-OH is 1. The lowest BCUT2D eigenvalue weighted by Crippen LogP contribution is -2.41. The Hall–Kier alpha value is -2.21. The minimum atomic E-state index is -0.552. The number of carbonyl (C=O) groups excluding carboxylic acids is 1. The smallest absolute Gasteiger partial charge is 0.263 e. The first-order valence-corrected chi connectivity index (χ1v) is 8.63. The molecule has 0 aliphatic heterocycles. The van der Waals surface area contributed by atoms with E-state index in [9.17, 15) is 14.3 Å². The Bertz CT molecular complexity index is 635. The number of likely N-dealkylation sites (N-methyl/N-ethyl adjacent to an activating group) is 1. The number of allylic oxidation sites excluding steroid dienone is 1. The summed E-state index contributed by atoms with van der Waals surface area (Å²) in [7, 11) is 0. The van der Waals surface area contributed by atoms with E-state index in [0.29, 0.717) is 13.0 Å². The zero-order chi connectivity index (χ0) is 19.0. The molecule has 138 valence electrons. The van der Waals surface area contributed by atoms with Gasteiger partial charge in [-0.1, -0.05) is 32.9 Å². The number of aliphatic hydroxyl groups is 1. The number of carbonyl (C=O) groups is 1. The van der Waals surface area contributed by atoms with E-state index in [-0.39, 0.29) is 29.3 Å². The third kappa shape index (κ3) is 5.39. The lowest BCUT2D eigenvalue weighted by atomic mass is 10.0. The molecule has 0 bridgehead atoms. The molecule has 0 unspecified atom stereocenters. The van der Waals surface area contributed by atoms with Crippen LogP contribution in [-0.4, -0.2) is 47.8 Å². The van der Waals surface area contributed by atoms with Crippen molar-refractivity contribution in [3.8, 4) is 0 Å². The predicted octanol–water partition coefficient (Wildman–Crippen LogP) is 3.76. The normalized spacial score (nSPS) is 12.1. The second-order valence-electron chi connectivity index (χ2n) is 5.73. The van der Waals surface area contributed by atoms with Crippen molar-refractivity contribution in [1.29, 1.82) is 5.41 Å². The van der Waals surface area contributed by atoms with Crippen LogP contribution in [0.3, 0.4) is 0 Å². The van der Waals surface area contributed by atoms with Crippen molar-refractivity contribution in [2.45, 2.75) is 34.1 Å². The molecule has 0 aliphatic carbocycles. The van der Waals surface area contributed by atoms with E-state index in [1.54, 1.807) is 19.1 Å². The number of nitrogens with one attached hydrogen (secondary N) is 1. The molecule has 0 heterocycles. The van der Waals surface area contributed by atoms with Crippen LogP contribution >= 0.6 is 0 Å². The fourth-order valence-electron chi connectivity index (χ4n) is 2.60. The zero-order valence-electron chi connectivity index (χ0n) is 15.5. The third-order valence-electron chi connectivity index (χ3n) is 4.15. The average molecular weight is 349 g/mol. The highest BCUT2D eigenvalue weighted by molar-refractivity contribution is 6.25. The number of anilines is 1. The highest BCUT2D eigenvalue weighted by Crippen LogP contribution is 2.22. The summed E-state index contributed by atoms with van der Waals surface area (Å²) < 4.78 is 14.3. The second kappa shape index (κ2) is 9.93. The molecule has 1 rings (SSSR count). The molecule has 0 saturated carbocycles. The summed E-state index contributed by atoms with van der Waals surface area (Å²) in [5.41, 5.74) is 0.127. The largest absolute Gasteiger partial charge is 0.512 e. The van der Waals surface area contributed by atoms with E-state index in [2.05, 4.69) is 4.90 Å². The highest BCUT2D eigenvalue weighted by atomic mass is 19.1. The summed E-state index contributed by atoms with van der Waals surface area (Å²) in [5.74, 6) is -1.28. The lowest BCUT2D eigenvalue weighted by molar-refractivity contribution is -0.114. The molecule has 5 nitrogen and oxygen atoms in total. The van der Waals surface area contributed by atoms with Crippen LogP contribution in [0.1, 0.15) is 34.1 Å². The molecule has 0 aliphatic rings. The number of hydrogen-bond acceptors (Lipinski definition) is 4. The number of amides is 1. The second-order valence-corrected chi connectivity index (χ2v) is 5.73. The first-order valence-electron chi connectivity index (χ1n) is 8.63. The Labute approximate surface area is 149 Å². The van der Waals surface area contributed by atoms with Gasteiger partial charge in [0.1, 0.15) is 11.6 Å². The monoisotopic (exact) mass is 349 g/mol. The Morgan fingerprint density at radius 1 is 1.16 bits per heavy atom. The molecule has 0 spiro atoms. The number of hydrogen-bond donors (Lipinski definition) is 2. The van der Waals surface area contributed by atoms with Crippen LogP contribution in [0.5, 0.6) is 0 Å². The van der Waals surface area contributed by atoms with E-state index < -0.39 is 11.7 Å². The first kappa shape index (κ1) is 20.8. The molecule has 1 aromatic carbocycles. The summed E-state index contributed by atoms with van der Waals surface area (Å²) in [6, 6.07) is 6.06. The number of halogens is 1. The van der Waals surface area contributed by atoms with Gasteiger partial charge in [-0.2, -0.15) is 0 Å². The fourth-order valence-corrected chi connectivity index (χ4v) is 2.60. The molecule has 0 aromatic heterocycles. The van der Waals surface area contributed by atoms with Crippen LogP contribution in [0.25, 0.3) is 0 Å². The van der Waals surface area contributed by atoms with Crippen molar-refractivity contribution in [1.82, 2.24) is 4.90 Å². The Morgan fingerprint density at radius 2 is 1.76 bits per heavy atom. The van der Waals surface area contributed by atoms with Crippen LogP contribution in [0.4, 0.5) is 10.1 Å².